The molecule has 0 aromatic heterocycles. The lowest BCUT2D eigenvalue weighted by Crippen LogP contribution is -2.22. The molecule has 1 aliphatic heterocycles. The summed E-state index contributed by atoms with van der Waals surface area (Å²) in [5.41, 5.74) is 2.13. The van der Waals surface area contributed by atoms with Gasteiger partial charge in [0.2, 0.25) is 0 Å². The zero-order chi connectivity index (χ0) is 17.8. The average molecular weight is 343 g/mol. The lowest BCUT2D eigenvalue weighted by molar-refractivity contribution is -0.385. The van der Waals surface area contributed by atoms with Crippen LogP contribution in [0.3, 0.4) is 0 Å². The van der Waals surface area contributed by atoms with Gasteiger partial charge in [-0.05, 0) is 23.8 Å². The van der Waals surface area contributed by atoms with E-state index in [0.29, 0.717) is 6.54 Å². The van der Waals surface area contributed by atoms with Crippen molar-refractivity contribution in [3.63, 3.8) is 0 Å². The lowest BCUT2D eigenvalue weighted by Gasteiger charge is -2.16. The van der Waals surface area contributed by atoms with E-state index in [-0.39, 0.29) is 30.4 Å². The van der Waals surface area contributed by atoms with E-state index in [0.717, 1.165) is 11.3 Å². The highest BCUT2D eigenvalue weighted by atomic mass is 16.6. The summed E-state index contributed by atoms with van der Waals surface area (Å²) >= 11 is 0. The topological polar surface area (TPSA) is 76.9 Å². The van der Waals surface area contributed by atoms with E-state index in [4.69, 9.17) is 9.47 Å². The normalized spacial score (nSPS) is 19.6. The van der Waals surface area contributed by atoms with Gasteiger partial charge in [-0.25, -0.2) is 0 Å². The molecule has 0 unspecified atom stereocenters. The molecule has 7 nitrogen and oxygen atoms in total. The zero-order valence-corrected chi connectivity index (χ0v) is 14.2. The predicted octanol–water partition coefficient (Wildman–Crippen LogP) is 2.73. The number of nitrogens with one attached hydrogen (secondary N) is 1. The summed E-state index contributed by atoms with van der Waals surface area (Å²) in [6, 6.07) is 14.5. The Kier molecular flexibility index (Phi) is 5.16. The molecule has 1 N–H and O–H groups in total. The minimum Gasteiger partial charge on any atom is -0.484 e. The number of benzene rings is 2. The summed E-state index contributed by atoms with van der Waals surface area (Å²) in [6.07, 6.45) is -0.367. The number of para-hydroxylation sites is 2. The Bertz CT molecular complexity index is 733. The first-order valence-electron chi connectivity index (χ1n) is 8.07. The van der Waals surface area contributed by atoms with Crippen molar-refractivity contribution in [2.75, 3.05) is 32.1 Å². The van der Waals surface area contributed by atoms with Gasteiger partial charge in [-0.15, -0.1) is 0 Å². The van der Waals surface area contributed by atoms with E-state index in [1.54, 1.807) is 18.2 Å². The van der Waals surface area contributed by atoms with Crippen molar-refractivity contribution < 1.29 is 14.4 Å². The first-order valence-corrected chi connectivity index (χ1v) is 8.07. The van der Waals surface area contributed by atoms with Crippen molar-refractivity contribution in [2.24, 2.45) is 0 Å². The van der Waals surface area contributed by atoms with Crippen LogP contribution < -0.4 is 15.0 Å². The summed E-state index contributed by atoms with van der Waals surface area (Å²) in [5, 5.41) is 14.3. The Morgan fingerprint density at radius 2 is 1.96 bits per heavy atom. The summed E-state index contributed by atoms with van der Waals surface area (Å²) in [6.45, 7) is 0.880. The summed E-state index contributed by atoms with van der Waals surface area (Å²) < 4.78 is 11.6. The van der Waals surface area contributed by atoms with Crippen LogP contribution in [0.2, 0.25) is 0 Å². The van der Waals surface area contributed by atoms with Crippen LogP contribution in [0.5, 0.6) is 5.75 Å². The van der Waals surface area contributed by atoms with Crippen LogP contribution in [-0.2, 0) is 4.74 Å². The molecule has 0 saturated carbocycles. The first kappa shape index (κ1) is 17.2. The number of rotatable bonds is 6. The number of ether oxygens (including phenoxy) is 2. The summed E-state index contributed by atoms with van der Waals surface area (Å²) in [5.74, 6) is 0.259. The standard InChI is InChI=1S/C18H21N3O4/c1-20(2)14-9-7-13(8-10-14)18-19-11-15(25-18)12-24-17-6-4-3-5-16(17)21(22)23/h3-10,15,18-19H,11-12H2,1-2H3/t15-,18+/m0/s1. The predicted molar refractivity (Wildman–Crippen MR) is 95.0 cm³/mol. The molecule has 2 aromatic rings. The molecule has 0 radical (unpaired) electrons. The van der Waals surface area contributed by atoms with Crippen LogP contribution in [0.4, 0.5) is 11.4 Å². The van der Waals surface area contributed by atoms with E-state index in [2.05, 4.69) is 5.32 Å². The van der Waals surface area contributed by atoms with Crippen molar-refractivity contribution in [1.82, 2.24) is 5.32 Å². The van der Waals surface area contributed by atoms with Gasteiger partial charge in [0.25, 0.3) is 0 Å². The van der Waals surface area contributed by atoms with E-state index in [9.17, 15) is 10.1 Å². The van der Waals surface area contributed by atoms with Crippen molar-refractivity contribution in [3.05, 3.63) is 64.2 Å². The maximum absolute atomic E-state index is 11.0. The van der Waals surface area contributed by atoms with Crippen molar-refractivity contribution >= 4 is 11.4 Å². The molecule has 132 valence electrons. The van der Waals surface area contributed by atoms with Gasteiger partial charge in [-0.2, -0.15) is 0 Å². The molecule has 1 heterocycles. The average Bonchev–Trinajstić information content (AvgIpc) is 3.09. The molecule has 0 spiro atoms. The van der Waals surface area contributed by atoms with Crippen LogP contribution >= 0.6 is 0 Å². The Hall–Kier alpha value is -2.64. The molecular formula is C18H21N3O4. The second-order valence-electron chi connectivity index (χ2n) is 6.07. The van der Waals surface area contributed by atoms with Crippen LogP contribution in [0.25, 0.3) is 0 Å². The fraction of sp³-hybridized carbons (Fsp3) is 0.333. The number of nitro benzene ring substituents is 1. The van der Waals surface area contributed by atoms with Crippen molar-refractivity contribution in [3.8, 4) is 5.75 Å². The Labute approximate surface area is 146 Å². The van der Waals surface area contributed by atoms with Gasteiger partial charge in [-0.3, -0.25) is 15.4 Å². The van der Waals surface area contributed by atoms with Gasteiger partial charge >= 0.3 is 5.69 Å². The molecule has 2 aromatic carbocycles. The Morgan fingerprint density at radius 3 is 2.64 bits per heavy atom. The fourth-order valence-corrected chi connectivity index (χ4v) is 2.68. The molecule has 0 amide bonds. The van der Waals surface area contributed by atoms with E-state index in [1.807, 2.05) is 43.3 Å². The minimum absolute atomic E-state index is 0.0377. The summed E-state index contributed by atoms with van der Waals surface area (Å²) in [7, 11) is 3.99. The lowest BCUT2D eigenvalue weighted by atomic mass is 10.2. The molecule has 3 rings (SSSR count). The summed E-state index contributed by atoms with van der Waals surface area (Å²) in [4.78, 5) is 12.6. The van der Waals surface area contributed by atoms with Crippen LogP contribution in [0.1, 0.15) is 11.8 Å². The highest BCUT2D eigenvalue weighted by Crippen LogP contribution is 2.28. The van der Waals surface area contributed by atoms with Crippen molar-refractivity contribution in [2.45, 2.75) is 12.3 Å². The largest absolute Gasteiger partial charge is 0.484 e. The van der Waals surface area contributed by atoms with Gasteiger partial charge in [0, 0.05) is 32.4 Å². The third-order valence-corrected chi connectivity index (χ3v) is 4.06. The molecule has 0 aliphatic carbocycles. The number of anilines is 1. The minimum atomic E-state index is -0.446. The molecule has 1 fully saturated rings. The second kappa shape index (κ2) is 7.50. The van der Waals surface area contributed by atoms with Gasteiger partial charge in [0.05, 0.1) is 4.92 Å². The van der Waals surface area contributed by atoms with Gasteiger partial charge in [0.15, 0.2) is 5.75 Å². The van der Waals surface area contributed by atoms with Gasteiger partial charge in [-0.1, -0.05) is 24.3 Å². The number of hydrogen-bond donors (Lipinski definition) is 1. The highest BCUT2D eigenvalue weighted by Gasteiger charge is 2.27. The first-order chi connectivity index (χ1) is 12.0. The molecular weight excluding hydrogens is 322 g/mol. The van der Waals surface area contributed by atoms with E-state index >= 15 is 0 Å². The molecule has 7 heteroatoms. The Morgan fingerprint density at radius 1 is 1.24 bits per heavy atom. The third kappa shape index (κ3) is 4.07. The number of hydrogen-bond acceptors (Lipinski definition) is 6. The zero-order valence-electron chi connectivity index (χ0n) is 14.2. The molecule has 1 saturated heterocycles. The monoisotopic (exact) mass is 343 g/mol. The van der Waals surface area contributed by atoms with E-state index < -0.39 is 4.92 Å². The Balaban J connectivity index is 1.57. The number of nitrogens with zero attached hydrogens (tertiary/aromatic N) is 2. The highest BCUT2D eigenvalue weighted by molar-refractivity contribution is 5.46. The fourth-order valence-electron chi connectivity index (χ4n) is 2.68. The molecule has 25 heavy (non-hydrogen) atoms. The third-order valence-electron chi connectivity index (χ3n) is 4.06. The quantitative estimate of drug-likeness (QED) is 0.642. The maximum Gasteiger partial charge on any atom is 0.310 e. The van der Waals surface area contributed by atoms with Crippen LogP contribution in [0.15, 0.2) is 48.5 Å². The van der Waals surface area contributed by atoms with Gasteiger partial charge in [0.1, 0.15) is 18.9 Å². The van der Waals surface area contributed by atoms with Crippen LogP contribution in [0, 0.1) is 10.1 Å². The second-order valence-corrected chi connectivity index (χ2v) is 6.07. The van der Waals surface area contributed by atoms with Gasteiger partial charge < -0.3 is 14.4 Å². The molecule has 0 bridgehead atoms. The number of nitro groups is 1. The van der Waals surface area contributed by atoms with Crippen LogP contribution in [-0.4, -0.2) is 38.3 Å². The smallest absolute Gasteiger partial charge is 0.310 e. The molecule has 2 atom stereocenters. The maximum atomic E-state index is 11.0. The van der Waals surface area contributed by atoms with E-state index in [1.165, 1.54) is 6.07 Å². The molecule has 1 aliphatic rings. The SMILES string of the molecule is CN(C)c1ccc([C@@H]2NC[C@@H](COc3ccccc3[N+](=O)[O-])O2)cc1. The van der Waals surface area contributed by atoms with Crippen molar-refractivity contribution in [1.29, 1.82) is 0 Å².